The average Bonchev–Trinajstić information content (AvgIpc) is 2.68. The van der Waals surface area contributed by atoms with E-state index in [2.05, 4.69) is 0 Å². The molecule has 2 heterocycles. The van der Waals surface area contributed by atoms with Gasteiger partial charge in [-0.3, -0.25) is 14.5 Å². The summed E-state index contributed by atoms with van der Waals surface area (Å²) in [5, 5.41) is 9.81. The Bertz CT molecular complexity index is 557. The number of primary amides is 1. The molecule has 2 aliphatic rings. The molecule has 142 valence electrons. The smallest absolute Gasteiger partial charge is 0.411 e. The van der Waals surface area contributed by atoms with Crippen LogP contribution in [0.5, 0.6) is 0 Å². The second kappa shape index (κ2) is 6.82. The van der Waals surface area contributed by atoms with Crippen molar-refractivity contribution in [2.24, 2.45) is 5.73 Å². The van der Waals surface area contributed by atoms with Crippen molar-refractivity contribution in [2.75, 3.05) is 13.1 Å². The van der Waals surface area contributed by atoms with Gasteiger partial charge in [0.05, 0.1) is 12.6 Å². The fourth-order valence-electron chi connectivity index (χ4n) is 3.66. The minimum Gasteiger partial charge on any atom is -0.444 e. The second-order valence-electron chi connectivity index (χ2n) is 8.00. The van der Waals surface area contributed by atoms with Gasteiger partial charge in [0.2, 0.25) is 5.91 Å². The molecule has 2 aliphatic heterocycles. The molecule has 8 heteroatoms. The second-order valence-corrected chi connectivity index (χ2v) is 8.00. The molecule has 2 saturated heterocycles. The number of aliphatic hydroxyl groups excluding tert-OH is 1. The molecule has 25 heavy (non-hydrogen) atoms. The molecule has 0 aromatic heterocycles. The van der Waals surface area contributed by atoms with Crippen LogP contribution in [0.25, 0.3) is 0 Å². The van der Waals surface area contributed by atoms with Gasteiger partial charge in [-0.15, -0.1) is 0 Å². The highest BCUT2D eigenvalue weighted by Gasteiger charge is 2.61. The largest absolute Gasteiger partial charge is 0.444 e. The monoisotopic (exact) mass is 355 g/mol. The number of hydrogen-bond donors (Lipinski definition) is 2. The number of ether oxygens (including phenoxy) is 1. The number of carbonyl (C=O) groups excluding carboxylic acids is 3. The molecule has 0 bridgehead atoms. The molecule has 0 radical (unpaired) electrons. The quantitative estimate of drug-likeness (QED) is 0.720. The molecular formula is C17H29N3O5. The summed E-state index contributed by atoms with van der Waals surface area (Å²) >= 11 is 0. The summed E-state index contributed by atoms with van der Waals surface area (Å²) in [6.07, 6.45) is 1.46. The summed E-state index contributed by atoms with van der Waals surface area (Å²) in [5.74, 6) is -1.10. The van der Waals surface area contributed by atoms with Crippen molar-refractivity contribution in [2.45, 2.75) is 76.7 Å². The number of amides is 3. The molecule has 8 nitrogen and oxygen atoms in total. The maximum atomic E-state index is 13.0. The SMILES string of the molecule is C[C@@H](O)[C@@H](C(N)=O)N1CC2(CCCCCN2C(=O)OC(C)(C)C)C1=O. The van der Waals surface area contributed by atoms with Gasteiger partial charge in [0.15, 0.2) is 0 Å². The van der Waals surface area contributed by atoms with Gasteiger partial charge in [0, 0.05) is 6.54 Å². The third-order valence-corrected chi connectivity index (χ3v) is 4.78. The van der Waals surface area contributed by atoms with Gasteiger partial charge in [-0.1, -0.05) is 12.8 Å². The number of β-lactam (4-membered cyclic amide) rings is 1. The molecule has 3 atom stereocenters. The van der Waals surface area contributed by atoms with Crippen LogP contribution in [-0.2, 0) is 14.3 Å². The molecular weight excluding hydrogens is 326 g/mol. The number of nitrogens with zero attached hydrogens (tertiary/aromatic N) is 2. The molecule has 2 fully saturated rings. The van der Waals surface area contributed by atoms with E-state index in [1.54, 1.807) is 20.8 Å². The Morgan fingerprint density at radius 1 is 1.28 bits per heavy atom. The Labute approximate surface area is 148 Å². The number of hydrogen-bond acceptors (Lipinski definition) is 5. The molecule has 2 rings (SSSR count). The normalized spacial score (nSPS) is 26.7. The molecule has 0 aromatic rings. The van der Waals surface area contributed by atoms with E-state index >= 15 is 0 Å². The van der Waals surface area contributed by atoms with Gasteiger partial charge in [0.1, 0.15) is 17.2 Å². The van der Waals surface area contributed by atoms with Crippen LogP contribution >= 0.6 is 0 Å². The predicted molar refractivity (Wildman–Crippen MR) is 90.5 cm³/mol. The lowest BCUT2D eigenvalue weighted by molar-refractivity contribution is -0.174. The van der Waals surface area contributed by atoms with Gasteiger partial charge >= 0.3 is 6.09 Å². The fourth-order valence-corrected chi connectivity index (χ4v) is 3.66. The minimum atomic E-state index is -1.08. The third-order valence-electron chi connectivity index (χ3n) is 4.78. The number of nitrogens with two attached hydrogens (primary N) is 1. The number of likely N-dealkylation sites (tertiary alicyclic amines) is 2. The van der Waals surface area contributed by atoms with E-state index in [1.165, 1.54) is 16.7 Å². The summed E-state index contributed by atoms with van der Waals surface area (Å²) in [6.45, 7) is 7.38. The van der Waals surface area contributed by atoms with E-state index in [0.29, 0.717) is 13.0 Å². The van der Waals surface area contributed by atoms with Crippen LogP contribution in [0.3, 0.4) is 0 Å². The summed E-state index contributed by atoms with van der Waals surface area (Å²) in [4.78, 5) is 40.0. The zero-order chi connectivity index (χ0) is 19.0. The molecule has 0 aliphatic carbocycles. The van der Waals surface area contributed by atoms with Crippen LogP contribution < -0.4 is 5.73 Å². The number of rotatable bonds is 3. The van der Waals surface area contributed by atoms with Crippen LogP contribution in [-0.4, -0.2) is 69.2 Å². The third kappa shape index (κ3) is 3.73. The van der Waals surface area contributed by atoms with Crippen LogP contribution in [0.15, 0.2) is 0 Å². The Morgan fingerprint density at radius 2 is 1.92 bits per heavy atom. The van der Waals surface area contributed by atoms with Crippen LogP contribution in [0.4, 0.5) is 4.79 Å². The van der Waals surface area contributed by atoms with Crippen LogP contribution in [0, 0.1) is 0 Å². The number of aliphatic hydroxyl groups is 1. The van der Waals surface area contributed by atoms with Gasteiger partial charge in [-0.05, 0) is 40.5 Å². The summed E-state index contributed by atoms with van der Waals surface area (Å²) in [6, 6.07) is -1.08. The molecule has 0 aromatic carbocycles. The summed E-state index contributed by atoms with van der Waals surface area (Å²) in [7, 11) is 0. The molecule has 3 amide bonds. The van der Waals surface area contributed by atoms with Gasteiger partial charge < -0.3 is 20.5 Å². The first-order valence-corrected chi connectivity index (χ1v) is 8.79. The van der Waals surface area contributed by atoms with E-state index in [9.17, 15) is 19.5 Å². The van der Waals surface area contributed by atoms with Crippen LogP contribution in [0.1, 0.15) is 53.4 Å². The lowest BCUT2D eigenvalue weighted by atomic mass is 9.80. The standard InChI is InChI=1S/C17H29N3O5/c1-11(21)12(13(18)22)19-10-17(14(19)23)8-6-5-7-9-20(17)15(24)25-16(2,3)4/h11-12,21H,5-10H2,1-4H3,(H2,18,22)/t11-,12+,17?/m1/s1. The highest BCUT2D eigenvalue weighted by Crippen LogP contribution is 2.39. The highest BCUT2D eigenvalue weighted by atomic mass is 16.6. The zero-order valence-electron chi connectivity index (χ0n) is 15.4. The zero-order valence-corrected chi connectivity index (χ0v) is 15.4. The summed E-state index contributed by atoms with van der Waals surface area (Å²) in [5.41, 5.74) is 3.68. The summed E-state index contributed by atoms with van der Waals surface area (Å²) < 4.78 is 5.48. The van der Waals surface area contributed by atoms with E-state index in [0.717, 1.165) is 19.3 Å². The molecule has 3 N–H and O–H groups in total. The van der Waals surface area contributed by atoms with E-state index in [1.807, 2.05) is 0 Å². The maximum Gasteiger partial charge on any atom is 0.411 e. The minimum absolute atomic E-state index is 0.184. The Balaban J connectivity index is 2.26. The van der Waals surface area contributed by atoms with Crippen molar-refractivity contribution in [3.63, 3.8) is 0 Å². The maximum absolute atomic E-state index is 13.0. The Kier molecular flexibility index (Phi) is 5.32. The Hall–Kier alpha value is -1.83. The van der Waals surface area contributed by atoms with Gasteiger partial charge in [-0.2, -0.15) is 0 Å². The first-order valence-electron chi connectivity index (χ1n) is 8.79. The lowest BCUT2D eigenvalue weighted by Crippen LogP contribution is -2.78. The van der Waals surface area contributed by atoms with E-state index in [4.69, 9.17) is 10.5 Å². The molecule has 1 spiro atoms. The van der Waals surface area contributed by atoms with Crippen molar-refractivity contribution < 1.29 is 24.2 Å². The highest BCUT2D eigenvalue weighted by molar-refractivity contribution is 5.99. The molecule has 1 unspecified atom stereocenters. The number of carbonyl (C=O) groups is 3. The van der Waals surface area contributed by atoms with Crippen molar-refractivity contribution in [3.8, 4) is 0 Å². The Morgan fingerprint density at radius 3 is 2.40 bits per heavy atom. The van der Waals surface area contributed by atoms with Crippen molar-refractivity contribution in [3.05, 3.63) is 0 Å². The van der Waals surface area contributed by atoms with Crippen molar-refractivity contribution in [1.29, 1.82) is 0 Å². The van der Waals surface area contributed by atoms with E-state index in [-0.39, 0.29) is 12.5 Å². The van der Waals surface area contributed by atoms with Gasteiger partial charge in [-0.25, -0.2) is 4.79 Å². The lowest BCUT2D eigenvalue weighted by Gasteiger charge is -2.55. The van der Waals surface area contributed by atoms with Crippen molar-refractivity contribution in [1.82, 2.24) is 9.80 Å². The predicted octanol–water partition coefficient (Wildman–Crippen LogP) is 0.613. The average molecular weight is 355 g/mol. The van der Waals surface area contributed by atoms with Crippen LogP contribution in [0.2, 0.25) is 0 Å². The van der Waals surface area contributed by atoms with Gasteiger partial charge in [0.25, 0.3) is 5.91 Å². The molecule has 0 saturated carbocycles. The van der Waals surface area contributed by atoms with Crippen molar-refractivity contribution >= 4 is 17.9 Å². The van der Waals surface area contributed by atoms with E-state index < -0.39 is 35.3 Å². The fraction of sp³-hybridized carbons (Fsp3) is 0.824. The first-order chi connectivity index (χ1) is 11.5. The first kappa shape index (κ1) is 19.5. The topological polar surface area (TPSA) is 113 Å².